The third kappa shape index (κ3) is 1.41. The van der Waals surface area contributed by atoms with Gasteiger partial charge >= 0.3 is 0 Å². The van der Waals surface area contributed by atoms with Crippen LogP contribution in [0, 0.1) is 11.3 Å². The molecule has 13 heavy (non-hydrogen) atoms. The van der Waals surface area contributed by atoms with Gasteiger partial charge in [-0.15, -0.1) is 0 Å². The first kappa shape index (κ1) is 7.88. The fraction of sp³-hybridized carbons (Fsp3) is 0.182. The summed E-state index contributed by atoms with van der Waals surface area (Å²) in [4.78, 5) is 0. The number of hydrogen-bond donors (Lipinski definition) is 1. The van der Waals surface area contributed by atoms with Crippen LogP contribution in [0.25, 0.3) is 5.57 Å². The maximum atomic E-state index is 8.60. The van der Waals surface area contributed by atoms with Crippen molar-refractivity contribution in [3.63, 3.8) is 0 Å². The molecule has 1 aliphatic rings. The maximum absolute atomic E-state index is 8.60. The molecule has 0 aliphatic carbocycles. The molecule has 1 aromatic carbocycles. The quantitative estimate of drug-likeness (QED) is 0.607. The van der Waals surface area contributed by atoms with Gasteiger partial charge in [0, 0.05) is 23.9 Å². The van der Waals surface area contributed by atoms with Crippen LogP contribution in [0.1, 0.15) is 12.0 Å². The number of para-hydroxylation sites is 1. The fourth-order valence-corrected chi connectivity index (χ4v) is 1.61. The van der Waals surface area contributed by atoms with Crippen molar-refractivity contribution < 1.29 is 0 Å². The minimum absolute atomic E-state index is 0.921. The Balaban J connectivity index is 2.50. The minimum Gasteiger partial charge on any atom is -0.384 e. The molecule has 0 aromatic heterocycles. The van der Waals surface area contributed by atoms with E-state index in [1.54, 1.807) is 6.08 Å². The second-order valence-electron chi connectivity index (χ2n) is 3.02. The summed E-state index contributed by atoms with van der Waals surface area (Å²) in [5, 5.41) is 11.9. The summed E-state index contributed by atoms with van der Waals surface area (Å²) in [5.41, 5.74) is 3.43. The molecule has 1 heterocycles. The van der Waals surface area contributed by atoms with E-state index < -0.39 is 0 Å². The number of hydrogen-bond acceptors (Lipinski definition) is 2. The average Bonchev–Trinajstić information content (AvgIpc) is 2.19. The highest BCUT2D eigenvalue weighted by Gasteiger charge is 2.11. The molecule has 0 amide bonds. The summed E-state index contributed by atoms with van der Waals surface area (Å²) in [6.07, 6.45) is 2.57. The molecule has 2 heteroatoms. The number of nitriles is 1. The van der Waals surface area contributed by atoms with E-state index in [4.69, 9.17) is 5.26 Å². The standard InChI is InChI=1S/C11H10N2/c12-7-5-9-6-8-13-11-4-2-1-3-10(9)11/h1-5,13H,6,8H2/b9-5-. The molecule has 2 nitrogen and oxygen atoms in total. The van der Waals surface area contributed by atoms with Crippen molar-refractivity contribution in [1.29, 1.82) is 5.26 Å². The predicted octanol–water partition coefficient (Wildman–Crippen LogP) is 2.41. The molecular weight excluding hydrogens is 160 g/mol. The van der Waals surface area contributed by atoms with Crippen molar-refractivity contribution in [3.05, 3.63) is 35.9 Å². The Hall–Kier alpha value is -1.75. The molecule has 2 rings (SSSR count). The number of nitrogens with one attached hydrogen (secondary N) is 1. The van der Waals surface area contributed by atoms with Gasteiger partial charge in [-0.05, 0) is 18.1 Å². The van der Waals surface area contributed by atoms with Crippen LogP contribution in [-0.4, -0.2) is 6.54 Å². The number of anilines is 1. The summed E-state index contributed by atoms with van der Waals surface area (Å²) in [6, 6.07) is 10.2. The zero-order valence-electron chi connectivity index (χ0n) is 7.25. The average molecular weight is 170 g/mol. The zero-order valence-corrected chi connectivity index (χ0v) is 7.25. The molecule has 1 aliphatic heterocycles. The van der Waals surface area contributed by atoms with E-state index in [0.29, 0.717) is 0 Å². The van der Waals surface area contributed by atoms with Gasteiger partial charge in [0.2, 0.25) is 0 Å². The number of allylic oxidation sites excluding steroid dienone is 1. The van der Waals surface area contributed by atoms with E-state index in [0.717, 1.165) is 29.8 Å². The SMILES string of the molecule is N#C/C=C1/CCNc2ccccc21. The van der Waals surface area contributed by atoms with Gasteiger partial charge in [-0.2, -0.15) is 5.26 Å². The molecule has 0 radical (unpaired) electrons. The van der Waals surface area contributed by atoms with Gasteiger partial charge in [-0.1, -0.05) is 18.2 Å². The third-order valence-electron chi connectivity index (χ3n) is 2.22. The number of fused-ring (bicyclic) bond motifs is 1. The van der Waals surface area contributed by atoms with E-state index in [1.165, 1.54) is 0 Å². The highest BCUT2D eigenvalue weighted by molar-refractivity contribution is 5.79. The largest absolute Gasteiger partial charge is 0.384 e. The first-order chi connectivity index (χ1) is 6.42. The fourth-order valence-electron chi connectivity index (χ4n) is 1.61. The van der Waals surface area contributed by atoms with E-state index in [1.807, 2.05) is 24.3 Å². The monoisotopic (exact) mass is 170 g/mol. The van der Waals surface area contributed by atoms with Crippen LogP contribution in [0.5, 0.6) is 0 Å². The lowest BCUT2D eigenvalue weighted by Crippen LogP contribution is -2.10. The number of nitrogens with zero attached hydrogens (tertiary/aromatic N) is 1. The molecule has 0 saturated carbocycles. The van der Waals surface area contributed by atoms with Crippen molar-refractivity contribution in [1.82, 2.24) is 0 Å². The van der Waals surface area contributed by atoms with Gasteiger partial charge in [0.05, 0.1) is 6.07 Å². The highest BCUT2D eigenvalue weighted by atomic mass is 14.9. The Morgan fingerprint density at radius 1 is 1.38 bits per heavy atom. The van der Waals surface area contributed by atoms with Crippen molar-refractivity contribution in [2.24, 2.45) is 0 Å². The van der Waals surface area contributed by atoms with Gasteiger partial charge in [-0.25, -0.2) is 0 Å². The third-order valence-corrected chi connectivity index (χ3v) is 2.22. The van der Waals surface area contributed by atoms with Gasteiger partial charge in [0.15, 0.2) is 0 Å². The maximum Gasteiger partial charge on any atom is 0.0915 e. The topological polar surface area (TPSA) is 35.8 Å². The summed E-state index contributed by atoms with van der Waals surface area (Å²) in [5.74, 6) is 0. The Bertz CT molecular complexity index is 385. The normalized spacial score (nSPS) is 17.3. The van der Waals surface area contributed by atoms with Gasteiger partial charge < -0.3 is 5.32 Å². The molecular formula is C11H10N2. The van der Waals surface area contributed by atoms with Crippen LogP contribution in [0.4, 0.5) is 5.69 Å². The second kappa shape index (κ2) is 3.32. The lowest BCUT2D eigenvalue weighted by atomic mass is 9.97. The highest BCUT2D eigenvalue weighted by Crippen LogP contribution is 2.29. The second-order valence-corrected chi connectivity index (χ2v) is 3.02. The van der Waals surface area contributed by atoms with E-state index in [2.05, 4.69) is 11.4 Å². The van der Waals surface area contributed by atoms with Crippen LogP contribution in [0.15, 0.2) is 30.3 Å². The zero-order chi connectivity index (χ0) is 9.10. The van der Waals surface area contributed by atoms with Crippen LogP contribution in [0.2, 0.25) is 0 Å². The molecule has 0 unspecified atom stereocenters. The Kier molecular flexibility index (Phi) is 2.01. The lowest BCUT2D eigenvalue weighted by molar-refractivity contribution is 1.05. The van der Waals surface area contributed by atoms with E-state index >= 15 is 0 Å². The van der Waals surface area contributed by atoms with Crippen molar-refractivity contribution in [2.45, 2.75) is 6.42 Å². The molecule has 0 atom stereocenters. The van der Waals surface area contributed by atoms with Crippen LogP contribution in [0.3, 0.4) is 0 Å². The van der Waals surface area contributed by atoms with Crippen LogP contribution in [-0.2, 0) is 0 Å². The summed E-state index contributed by atoms with van der Waals surface area (Å²) < 4.78 is 0. The smallest absolute Gasteiger partial charge is 0.0915 e. The minimum atomic E-state index is 0.921. The predicted molar refractivity (Wildman–Crippen MR) is 53.1 cm³/mol. The number of benzene rings is 1. The summed E-state index contributed by atoms with van der Waals surface area (Å²) in [6.45, 7) is 0.921. The first-order valence-electron chi connectivity index (χ1n) is 4.34. The van der Waals surface area contributed by atoms with Gasteiger partial charge in [0.25, 0.3) is 0 Å². The van der Waals surface area contributed by atoms with E-state index in [-0.39, 0.29) is 0 Å². The molecule has 1 N–H and O–H groups in total. The van der Waals surface area contributed by atoms with Crippen LogP contribution >= 0.6 is 0 Å². The first-order valence-corrected chi connectivity index (χ1v) is 4.34. The molecule has 1 aromatic rings. The van der Waals surface area contributed by atoms with Gasteiger partial charge in [0.1, 0.15) is 0 Å². The van der Waals surface area contributed by atoms with E-state index in [9.17, 15) is 0 Å². The molecule has 64 valence electrons. The molecule has 0 fully saturated rings. The Labute approximate surface area is 77.5 Å². The number of rotatable bonds is 0. The van der Waals surface area contributed by atoms with Crippen molar-refractivity contribution >= 4 is 11.3 Å². The summed E-state index contributed by atoms with van der Waals surface area (Å²) in [7, 11) is 0. The molecule has 0 bridgehead atoms. The van der Waals surface area contributed by atoms with Crippen LogP contribution < -0.4 is 5.32 Å². The van der Waals surface area contributed by atoms with Crippen molar-refractivity contribution in [2.75, 3.05) is 11.9 Å². The molecule has 0 saturated heterocycles. The summed E-state index contributed by atoms with van der Waals surface area (Å²) >= 11 is 0. The Morgan fingerprint density at radius 2 is 2.23 bits per heavy atom. The lowest BCUT2D eigenvalue weighted by Gasteiger charge is -2.19. The molecule has 0 spiro atoms. The van der Waals surface area contributed by atoms with Crippen molar-refractivity contribution in [3.8, 4) is 6.07 Å². The van der Waals surface area contributed by atoms with Gasteiger partial charge in [-0.3, -0.25) is 0 Å². The Morgan fingerprint density at radius 3 is 3.08 bits per heavy atom.